The first-order valence-corrected chi connectivity index (χ1v) is 7.04. The Labute approximate surface area is 124 Å². The van der Waals surface area contributed by atoms with E-state index < -0.39 is 6.10 Å². The third-order valence-corrected chi connectivity index (χ3v) is 3.15. The predicted molar refractivity (Wildman–Crippen MR) is 83.0 cm³/mol. The van der Waals surface area contributed by atoms with Gasteiger partial charge in [-0.3, -0.25) is 4.79 Å². The Morgan fingerprint density at radius 2 is 1.57 bits per heavy atom. The molecular weight excluding hydrogens is 264 g/mol. The van der Waals surface area contributed by atoms with Crippen LogP contribution in [0.15, 0.2) is 60.7 Å². The lowest BCUT2D eigenvalue weighted by molar-refractivity contribution is 0.0953. The molecule has 0 spiro atoms. The molecule has 0 heterocycles. The van der Waals surface area contributed by atoms with Crippen LogP contribution in [-0.2, 0) is 0 Å². The monoisotopic (exact) mass is 284 g/mol. The van der Waals surface area contributed by atoms with Crippen LogP contribution >= 0.6 is 0 Å². The molecule has 2 aromatic rings. The zero-order chi connectivity index (χ0) is 14.9. The fraction of sp³-hybridized carbons (Fsp3) is 0.235. The van der Waals surface area contributed by atoms with Crippen molar-refractivity contribution in [3.63, 3.8) is 0 Å². The number of nitrogens with one attached hydrogen (secondary N) is 2. The van der Waals surface area contributed by atoms with Gasteiger partial charge in [0, 0.05) is 25.2 Å². The van der Waals surface area contributed by atoms with Crippen LogP contribution < -0.4 is 10.6 Å². The molecule has 0 bridgehead atoms. The minimum atomic E-state index is -0.531. The van der Waals surface area contributed by atoms with Gasteiger partial charge >= 0.3 is 0 Å². The van der Waals surface area contributed by atoms with Gasteiger partial charge in [-0.05, 0) is 17.7 Å². The highest BCUT2D eigenvalue weighted by Crippen LogP contribution is 2.10. The maximum absolute atomic E-state index is 11.8. The third-order valence-electron chi connectivity index (χ3n) is 3.15. The molecule has 1 atom stereocenters. The van der Waals surface area contributed by atoms with Crippen LogP contribution in [0.25, 0.3) is 0 Å². The summed E-state index contributed by atoms with van der Waals surface area (Å²) in [5.41, 5.74) is 1.54. The van der Waals surface area contributed by atoms with Gasteiger partial charge in [0.25, 0.3) is 5.91 Å². The van der Waals surface area contributed by atoms with Gasteiger partial charge < -0.3 is 15.7 Å². The number of carbonyl (C=O) groups excluding carboxylic acids is 1. The molecule has 2 rings (SSSR count). The first-order valence-electron chi connectivity index (χ1n) is 7.04. The molecule has 110 valence electrons. The minimum absolute atomic E-state index is 0.0824. The molecule has 0 saturated heterocycles. The first kappa shape index (κ1) is 15.2. The molecule has 0 aliphatic rings. The summed E-state index contributed by atoms with van der Waals surface area (Å²) in [6.45, 7) is 1.60. The highest BCUT2D eigenvalue weighted by Gasteiger charge is 2.06. The number of hydrogen-bond acceptors (Lipinski definition) is 3. The van der Waals surface area contributed by atoms with Crippen LogP contribution in [0.3, 0.4) is 0 Å². The van der Waals surface area contributed by atoms with Crippen molar-refractivity contribution in [1.29, 1.82) is 0 Å². The summed E-state index contributed by atoms with van der Waals surface area (Å²) in [7, 11) is 0. The van der Waals surface area contributed by atoms with Gasteiger partial charge in [0.2, 0.25) is 0 Å². The molecule has 21 heavy (non-hydrogen) atoms. The molecule has 0 saturated carbocycles. The molecule has 0 aliphatic carbocycles. The number of aliphatic hydroxyl groups excluding tert-OH is 1. The number of hydrogen-bond donors (Lipinski definition) is 3. The van der Waals surface area contributed by atoms with Crippen LogP contribution in [0, 0.1) is 0 Å². The Kier molecular flexibility index (Phi) is 5.94. The van der Waals surface area contributed by atoms with E-state index in [2.05, 4.69) is 10.6 Å². The lowest BCUT2D eigenvalue weighted by atomic mass is 10.1. The average Bonchev–Trinajstić information content (AvgIpc) is 2.55. The van der Waals surface area contributed by atoms with Crippen LogP contribution in [0.4, 0.5) is 0 Å². The van der Waals surface area contributed by atoms with Gasteiger partial charge in [0.1, 0.15) is 0 Å². The highest BCUT2D eigenvalue weighted by atomic mass is 16.3. The van der Waals surface area contributed by atoms with Gasteiger partial charge in [-0.25, -0.2) is 0 Å². The molecule has 0 aliphatic heterocycles. The van der Waals surface area contributed by atoms with E-state index in [1.54, 1.807) is 12.1 Å². The van der Waals surface area contributed by atoms with E-state index in [-0.39, 0.29) is 5.91 Å². The van der Waals surface area contributed by atoms with Crippen LogP contribution in [0.5, 0.6) is 0 Å². The van der Waals surface area contributed by atoms with E-state index in [1.165, 1.54) is 0 Å². The fourth-order valence-electron chi connectivity index (χ4n) is 1.99. The van der Waals surface area contributed by atoms with Crippen LogP contribution in [0.2, 0.25) is 0 Å². The van der Waals surface area contributed by atoms with Gasteiger partial charge in [0.15, 0.2) is 0 Å². The molecule has 3 N–H and O–H groups in total. The predicted octanol–water partition coefficient (Wildman–Crippen LogP) is 1.74. The van der Waals surface area contributed by atoms with Crippen molar-refractivity contribution in [1.82, 2.24) is 10.6 Å². The van der Waals surface area contributed by atoms with Crippen molar-refractivity contribution in [3.8, 4) is 0 Å². The van der Waals surface area contributed by atoms with Crippen molar-refractivity contribution in [2.45, 2.75) is 6.10 Å². The van der Waals surface area contributed by atoms with Crippen molar-refractivity contribution in [2.24, 2.45) is 0 Å². The van der Waals surface area contributed by atoms with Crippen molar-refractivity contribution in [3.05, 3.63) is 71.8 Å². The topological polar surface area (TPSA) is 61.4 Å². The normalized spacial score (nSPS) is 11.9. The Balaban J connectivity index is 1.63. The van der Waals surface area contributed by atoms with Gasteiger partial charge in [-0.1, -0.05) is 48.5 Å². The summed E-state index contributed by atoms with van der Waals surface area (Å²) in [5.74, 6) is -0.0824. The number of carbonyl (C=O) groups is 1. The van der Waals surface area contributed by atoms with Gasteiger partial charge in [-0.15, -0.1) is 0 Å². The maximum atomic E-state index is 11.8. The van der Waals surface area contributed by atoms with E-state index in [0.717, 1.165) is 5.56 Å². The van der Waals surface area contributed by atoms with Crippen molar-refractivity contribution < 1.29 is 9.90 Å². The largest absolute Gasteiger partial charge is 0.387 e. The molecule has 0 aromatic heterocycles. The number of benzene rings is 2. The molecule has 0 fully saturated rings. The van der Waals surface area contributed by atoms with E-state index >= 15 is 0 Å². The summed E-state index contributed by atoms with van der Waals surface area (Å²) in [4.78, 5) is 11.8. The second-order valence-corrected chi connectivity index (χ2v) is 4.75. The summed E-state index contributed by atoms with van der Waals surface area (Å²) in [5, 5.41) is 15.9. The van der Waals surface area contributed by atoms with E-state index in [1.807, 2.05) is 48.5 Å². The standard InChI is InChI=1S/C17H20N2O2/c20-16(14-7-3-1-4-8-14)13-18-11-12-19-17(21)15-9-5-2-6-10-15/h1-10,16,18,20H,11-13H2,(H,19,21)/t16-/m0/s1. The number of aliphatic hydroxyl groups is 1. The quantitative estimate of drug-likeness (QED) is 0.679. The van der Waals surface area contributed by atoms with Crippen molar-refractivity contribution >= 4 is 5.91 Å². The van der Waals surface area contributed by atoms with Gasteiger partial charge in [-0.2, -0.15) is 0 Å². The molecule has 4 nitrogen and oxygen atoms in total. The Morgan fingerprint density at radius 1 is 0.952 bits per heavy atom. The molecule has 4 heteroatoms. The minimum Gasteiger partial charge on any atom is -0.387 e. The van der Waals surface area contributed by atoms with E-state index in [0.29, 0.717) is 25.2 Å². The summed E-state index contributed by atoms with van der Waals surface area (Å²) in [6.07, 6.45) is -0.531. The van der Waals surface area contributed by atoms with Crippen LogP contribution in [-0.4, -0.2) is 30.6 Å². The van der Waals surface area contributed by atoms with E-state index in [4.69, 9.17) is 0 Å². The summed E-state index contributed by atoms with van der Waals surface area (Å²) < 4.78 is 0. The number of rotatable bonds is 7. The fourth-order valence-corrected chi connectivity index (χ4v) is 1.99. The Bertz CT molecular complexity index is 543. The SMILES string of the molecule is O=C(NCCNC[C@H](O)c1ccccc1)c1ccccc1. The highest BCUT2D eigenvalue weighted by molar-refractivity contribution is 5.94. The smallest absolute Gasteiger partial charge is 0.251 e. The zero-order valence-corrected chi connectivity index (χ0v) is 11.8. The van der Waals surface area contributed by atoms with Crippen molar-refractivity contribution in [2.75, 3.05) is 19.6 Å². The molecule has 2 aromatic carbocycles. The summed E-state index contributed by atoms with van der Waals surface area (Å²) in [6, 6.07) is 18.6. The second-order valence-electron chi connectivity index (χ2n) is 4.75. The zero-order valence-electron chi connectivity index (χ0n) is 11.8. The molecule has 0 radical (unpaired) electrons. The Hall–Kier alpha value is -2.17. The maximum Gasteiger partial charge on any atom is 0.251 e. The lowest BCUT2D eigenvalue weighted by Gasteiger charge is -2.12. The molecule has 0 unspecified atom stereocenters. The second kappa shape index (κ2) is 8.19. The van der Waals surface area contributed by atoms with Gasteiger partial charge in [0.05, 0.1) is 6.10 Å². The molecular formula is C17H20N2O2. The summed E-state index contributed by atoms with van der Waals surface area (Å²) >= 11 is 0. The first-order chi connectivity index (χ1) is 10.3. The number of amides is 1. The lowest BCUT2D eigenvalue weighted by Crippen LogP contribution is -2.33. The van der Waals surface area contributed by atoms with E-state index in [9.17, 15) is 9.90 Å². The third kappa shape index (κ3) is 5.02. The van der Waals surface area contributed by atoms with Crippen LogP contribution in [0.1, 0.15) is 22.0 Å². The Morgan fingerprint density at radius 3 is 2.24 bits per heavy atom. The average molecular weight is 284 g/mol. The molecule has 1 amide bonds.